The Balaban J connectivity index is 1.63. The van der Waals surface area contributed by atoms with Crippen molar-refractivity contribution in [3.05, 3.63) is 53.2 Å². The van der Waals surface area contributed by atoms with Gasteiger partial charge in [0, 0.05) is 37.5 Å². The Morgan fingerprint density at radius 1 is 1.24 bits per heavy atom. The third-order valence-corrected chi connectivity index (χ3v) is 5.77. The summed E-state index contributed by atoms with van der Waals surface area (Å²) in [6.45, 7) is 3.75. The number of hydrogen-bond acceptors (Lipinski definition) is 5. The zero-order valence-electron chi connectivity index (χ0n) is 16.8. The molecule has 154 valence electrons. The van der Waals surface area contributed by atoms with Crippen LogP contribution in [0.15, 0.2) is 34.9 Å². The number of benzene rings is 1. The zero-order valence-corrected chi connectivity index (χ0v) is 16.8. The van der Waals surface area contributed by atoms with E-state index in [0.29, 0.717) is 31.9 Å². The minimum atomic E-state index is -0.339. The van der Waals surface area contributed by atoms with Gasteiger partial charge in [-0.1, -0.05) is 17.3 Å². The highest BCUT2D eigenvalue weighted by molar-refractivity contribution is 5.93. The molecule has 1 aromatic carbocycles. The molecular weight excluding hydrogens is 375 g/mol. The van der Waals surface area contributed by atoms with Crippen LogP contribution in [-0.4, -0.2) is 71.9 Å². The average molecular weight is 400 g/mol. The highest BCUT2D eigenvalue weighted by Crippen LogP contribution is 2.45. The summed E-state index contributed by atoms with van der Waals surface area (Å²) in [6, 6.07) is 7.68. The van der Waals surface area contributed by atoms with E-state index in [1.165, 1.54) is 12.1 Å². The lowest BCUT2D eigenvalue weighted by atomic mass is 9.89. The average Bonchev–Trinajstić information content (AvgIpc) is 3.34. The molecule has 2 aliphatic heterocycles. The van der Waals surface area contributed by atoms with Gasteiger partial charge in [-0.3, -0.25) is 9.59 Å². The second-order valence-corrected chi connectivity index (χ2v) is 8.24. The monoisotopic (exact) mass is 400 g/mol. The summed E-state index contributed by atoms with van der Waals surface area (Å²) >= 11 is 0. The number of carbonyl (C=O) groups is 2. The van der Waals surface area contributed by atoms with E-state index < -0.39 is 0 Å². The highest BCUT2D eigenvalue weighted by Gasteiger charge is 2.50. The standard InChI is InChI=1S/C21H25FN4O3/c1-13-7-18(23-29-13)21(28)26-10-15-9-25(19(27)12-24(2)3)11-17(15)20(26)14-5-4-6-16(22)8-14/h4-8,15,17,20H,9-12H2,1-3H3/t15-,17-,20-/m0/s1. The van der Waals surface area contributed by atoms with Gasteiger partial charge in [0.15, 0.2) is 5.69 Å². The molecule has 0 saturated carbocycles. The maximum atomic E-state index is 14.0. The third-order valence-electron chi connectivity index (χ3n) is 5.77. The van der Waals surface area contributed by atoms with Gasteiger partial charge in [-0.05, 0) is 38.7 Å². The summed E-state index contributed by atoms with van der Waals surface area (Å²) in [6.07, 6.45) is 0. The van der Waals surface area contributed by atoms with Crippen molar-refractivity contribution in [2.45, 2.75) is 13.0 Å². The van der Waals surface area contributed by atoms with Gasteiger partial charge in [0.25, 0.3) is 5.91 Å². The van der Waals surface area contributed by atoms with Crippen molar-refractivity contribution in [2.24, 2.45) is 11.8 Å². The molecule has 2 aromatic rings. The molecule has 0 bridgehead atoms. The molecule has 8 heteroatoms. The number of aromatic nitrogens is 1. The second-order valence-electron chi connectivity index (χ2n) is 8.24. The number of hydrogen-bond donors (Lipinski definition) is 0. The van der Waals surface area contributed by atoms with Crippen molar-refractivity contribution >= 4 is 11.8 Å². The van der Waals surface area contributed by atoms with Crippen molar-refractivity contribution in [2.75, 3.05) is 40.3 Å². The number of fused-ring (bicyclic) bond motifs is 1. The van der Waals surface area contributed by atoms with Crippen molar-refractivity contribution in [3.63, 3.8) is 0 Å². The molecule has 0 N–H and O–H groups in total. The first-order chi connectivity index (χ1) is 13.8. The Morgan fingerprint density at radius 2 is 2.03 bits per heavy atom. The molecule has 29 heavy (non-hydrogen) atoms. The number of likely N-dealkylation sites (N-methyl/N-ethyl adjacent to an activating group) is 1. The van der Waals surface area contributed by atoms with E-state index in [4.69, 9.17) is 4.52 Å². The van der Waals surface area contributed by atoms with Crippen LogP contribution in [-0.2, 0) is 4.79 Å². The van der Waals surface area contributed by atoms with Crippen LogP contribution < -0.4 is 0 Å². The van der Waals surface area contributed by atoms with E-state index in [1.807, 2.05) is 30.0 Å². The molecule has 3 heterocycles. The number of likely N-dealkylation sites (tertiary alicyclic amines) is 2. The zero-order chi connectivity index (χ0) is 20.7. The van der Waals surface area contributed by atoms with Crippen molar-refractivity contribution in [1.82, 2.24) is 19.9 Å². The number of halogens is 1. The molecule has 2 fully saturated rings. The summed E-state index contributed by atoms with van der Waals surface area (Å²) < 4.78 is 19.0. The molecule has 1 aromatic heterocycles. The normalized spacial score (nSPS) is 23.7. The second kappa shape index (κ2) is 7.59. The van der Waals surface area contributed by atoms with Gasteiger partial charge in [0.2, 0.25) is 5.91 Å². The summed E-state index contributed by atoms with van der Waals surface area (Å²) in [5.74, 6) is 0.278. The van der Waals surface area contributed by atoms with Crippen LogP contribution >= 0.6 is 0 Å². The van der Waals surface area contributed by atoms with Crippen LogP contribution in [0.25, 0.3) is 0 Å². The minimum absolute atomic E-state index is 0.0554. The number of carbonyl (C=O) groups excluding carboxylic acids is 2. The first kappa shape index (κ1) is 19.6. The predicted octanol–water partition coefficient (Wildman–Crippen LogP) is 1.96. The van der Waals surface area contributed by atoms with E-state index in [1.54, 1.807) is 24.0 Å². The molecule has 2 saturated heterocycles. The van der Waals surface area contributed by atoms with E-state index in [2.05, 4.69) is 5.16 Å². The van der Waals surface area contributed by atoms with E-state index in [0.717, 1.165) is 5.56 Å². The smallest absolute Gasteiger partial charge is 0.276 e. The first-order valence-electron chi connectivity index (χ1n) is 9.75. The summed E-state index contributed by atoms with van der Waals surface area (Å²) in [5.41, 5.74) is 0.998. The first-order valence-corrected chi connectivity index (χ1v) is 9.75. The molecule has 2 amide bonds. The molecule has 0 unspecified atom stereocenters. The maximum Gasteiger partial charge on any atom is 0.276 e. The van der Waals surface area contributed by atoms with Gasteiger partial charge in [0.05, 0.1) is 12.6 Å². The Kier molecular flexibility index (Phi) is 5.12. The lowest BCUT2D eigenvalue weighted by molar-refractivity contribution is -0.131. The van der Waals surface area contributed by atoms with Gasteiger partial charge < -0.3 is 19.2 Å². The fourth-order valence-corrected chi connectivity index (χ4v) is 4.56. The van der Waals surface area contributed by atoms with Gasteiger partial charge in [-0.25, -0.2) is 4.39 Å². The topological polar surface area (TPSA) is 69.9 Å². The minimum Gasteiger partial charge on any atom is -0.361 e. The summed E-state index contributed by atoms with van der Waals surface area (Å²) in [4.78, 5) is 31.2. The Bertz CT molecular complexity index is 928. The number of amides is 2. The molecule has 0 spiro atoms. The Hall–Kier alpha value is -2.74. The van der Waals surface area contributed by atoms with Gasteiger partial charge in [-0.2, -0.15) is 0 Å². The van der Waals surface area contributed by atoms with Crippen LogP contribution in [0.3, 0.4) is 0 Å². The molecule has 7 nitrogen and oxygen atoms in total. The molecule has 0 radical (unpaired) electrons. The lowest BCUT2D eigenvalue weighted by Gasteiger charge is -2.29. The van der Waals surface area contributed by atoms with Crippen LogP contribution in [0.1, 0.15) is 27.9 Å². The molecule has 0 aliphatic carbocycles. The Morgan fingerprint density at radius 3 is 2.69 bits per heavy atom. The summed E-state index contributed by atoms with van der Waals surface area (Å²) in [5, 5.41) is 3.87. The van der Waals surface area contributed by atoms with Crippen molar-refractivity contribution in [3.8, 4) is 0 Å². The third kappa shape index (κ3) is 3.76. The van der Waals surface area contributed by atoms with Crippen LogP contribution in [0.4, 0.5) is 4.39 Å². The fraction of sp³-hybridized carbons (Fsp3) is 0.476. The van der Waals surface area contributed by atoms with Crippen LogP contribution in [0.2, 0.25) is 0 Å². The molecule has 2 aliphatic rings. The van der Waals surface area contributed by atoms with Gasteiger partial charge in [0.1, 0.15) is 11.6 Å². The van der Waals surface area contributed by atoms with Crippen molar-refractivity contribution < 1.29 is 18.5 Å². The number of nitrogens with zero attached hydrogens (tertiary/aromatic N) is 4. The fourth-order valence-electron chi connectivity index (χ4n) is 4.56. The van der Waals surface area contributed by atoms with Crippen molar-refractivity contribution in [1.29, 1.82) is 0 Å². The van der Waals surface area contributed by atoms with E-state index >= 15 is 0 Å². The lowest BCUT2D eigenvalue weighted by Crippen LogP contribution is -2.40. The van der Waals surface area contributed by atoms with E-state index in [9.17, 15) is 14.0 Å². The van der Waals surface area contributed by atoms with Crippen LogP contribution in [0, 0.1) is 24.6 Å². The highest BCUT2D eigenvalue weighted by atomic mass is 19.1. The SMILES string of the molecule is Cc1cc(C(=O)N2C[C@@H]3CN(C(=O)CN(C)C)C[C@@H]3[C@@H]2c2cccc(F)c2)no1. The van der Waals surface area contributed by atoms with Gasteiger partial charge in [-0.15, -0.1) is 0 Å². The predicted molar refractivity (Wildman–Crippen MR) is 104 cm³/mol. The molecular formula is C21H25FN4O3. The number of rotatable bonds is 4. The summed E-state index contributed by atoms with van der Waals surface area (Å²) in [7, 11) is 3.73. The Labute approximate surface area is 169 Å². The quantitative estimate of drug-likeness (QED) is 0.785. The van der Waals surface area contributed by atoms with E-state index in [-0.39, 0.29) is 41.2 Å². The molecule has 4 rings (SSSR count). The number of aryl methyl sites for hydroxylation is 1. The van der Waals surface area contributed by atoms with Gasteiger partial charge >= 0.3 is 0 Å². The van der Waals surface area contributed by atoms with Crippen LogP contribution in [0.5, 0.6) is 0 Å². The molecule has 3 atom stereocenters. The largest absolute Gasteiger partial charge is 0.361 e. The maximum absolute atomic E-state index is 14.0.